The molecule has 0 aliphatic heterocycles. The van der Waals surface area contributed by atoms with E-state index in [4.69, 9.17) is 5.73 Å². The van der Waals surface area contributed by atoms with E-state index in [0.717, 1.165) is 6.07 Å². The Balaban J connectivity index is 1.89. The highest BCUT2D eigenvalue weighted by Crippen LogP contribution is 2.19. The number of rotatable bonds is 5. The highest BCUT2D eigenvalue weighted by atomic mass is 32.2. The van der Waals surface area contributed by atoms with E-state index in [0.29, 0.717) is 10.6 Å². The number of nitrogens with two attached hydrogens (primary N) is 1. The molecular formula is C15H15FN2O2S. The molecule has 0 aliphatic carbocycles. The summed E-state index contributed by atoms with van der Waals surface area (Å²) in [5, 5.41) is 2.58. The zero-order valence-corrected chi connectivity index (χ0v) is 12.0. The molecule has 0 saturated heterocycles. The molecule has 0 saturated carbocycles. The lowest BCUT2D eigenvalue weighted by Gasteiger charge is -2.08. The fourth-order valence-electron chi connectivity index (χ4n) is 1.74. The zero-order chi connectivity index (χ0) is 15.2. The van der Waals surface area contributed by atoms with Crippen LogP contribution < -0.4 is 11.1 Å². The molecule has 1 atom stereocenters. The van der Waals surface area contributed by atoms with Crippen molar-refractivity contribution in [2.45, 2.75) is 11.3 Å². The molecule has 110 valence electrons. The SMILES string of the molecule is Nc1cc(F)ccc1NC(=O)CCS(=O)c1ccccc1. The second kappa shape index (κ2) is 6.99. The lowest BCUT2D eigenvalue weighted by molar-refractivity contribution is -0.115. The summed E-state index contributed by atoms with van der Waals surface area (Å²) in [7, 11) is -1.22. The van der Waals surface area contributed by atoms with Gasteiger partial charge in [-0.05, 0) is 30.3 Å². The molecule has 0 aliphatic rings. The van der Waals surface area contributed by atoms with Gasteiger partial charge in [-0.3, -0.25) is 9.00 Å². The molecule has 21 heavy (non-hydrogen) atoms. The predicted octanol–water partition coefficient (Wildman–Crippen LogP) is 2.54. The van der Waals surface area contributed by atoms with Gasteiger partial charge in [-0.25, -0.2) is 4.39 Å². The number of halogens is 1. The molecule has 2 aromatic carbocycles. The Morgan fingerprint density at radius 2 is 1.90 bits per heavy atom. The van der Waals surface area contributed by atoms with Gasteiger partial charge in [-0.15, -0.1) is 0 Å². The minimum absolute atomic E-state index is 0.0956. The van der Waals surface area contributed by atoms with Crippen LogP contribution in [0.25, 0.3) is 0 Å². The third-order valence-electron chi connectivity index (χ3n) is 2.81. The number of carbonyl (C=O) groups excluding carboxylic acids is 1. The number of amides is 1. The first-order valence-corrected chi connectivity index (χ1v) is 7.66. The second-order valence-electron chi connectivity index (χ2n) is 4.39. The molecule has 0 aromatic heterocycles. The van der Waals surface area contributed by atoms with Crippen molar-refractivity contribution in [1.82, 2.24) is 0 Å². The van der Waals surface area contributed by atoms with Crippen molar-refractivity contribution in [2.75, 3.05) is 16.8 Å². The first-order chi connectivity index (χ1) is 10.1. The third-order valence-corrected chi connectivity index (χ3v) is 4.18. The molecule has 4 nitrogen and oxygen atoms in total. The molecule has 0 heterocycles. The van der Waals surface area contributed by atoms with Crippen LogP contribution in [-0.2, 0) is 15.6 Å². The number of nitrogen functional groups attached to an aromatic ring is 1. The van der Waals surface area contributed by atoms with E-state index < -0.39 is 16.6 Å². The number of carbonyl (C=O) groups is 1. The maximum atomic E-state index is 12.9. The molecular weight excluding hydrogens is 291 g/mol. The van der Waals surface area contributed by atoms with Gasteiger partial charge in [0.25, 0.3) is 0 Å². The Bertz CT molecular complexity index is 662. The van der Waals surface area contributed by atoms with E-state index in [1.54, 1.807) is 24.3 Å². The number of hydrogen-bond donors (Lipinski definition) is 2. The van der Waals surface area contributed by atoms with Crippen molar-refractivity contribution in [2.24, 2.45) is 0 Å². The number of nitrogens with one attached hydrogen (secondary N) is 1. The van der Waals surface area contributed by atoms with Crippen LogP contribution in [0.1, 0.15) is 6.42 Å². The molecule has 0 radical (unpaired) electrons. The smallest absolute Gasteiger partial charge is 0.225 e. The van der Waals surface area contributed by atoms with Crippen molar-refractivity contribution in [3.05, 3.63) is 54.3 Å². The van der Waals surface area contributed by atoms with Crippen LogP contribution in [0, 0.1) is 5.82 Å². The summed E-state index contributed by atoms with van der Waals surface area (Å²) in [6.07, 6.45) is 0.0956. The molecule has 6 heteroatoms. The lowest BCUT2D eigenvalue weighted by Crippen LogP contribution is -2.16. The van der Waals surface area contributed by atoms with E-state index in [1.165, 1.54) is 12.1 Å². The molecule has 0 spiro atoms. The maximum Gasteiger partial charge on any atom is 0.225 e. The summed E-state index contributed by atoms with van der Waals surface area (Å²) >= 11 is 0. The molecule has 2 aromatic rings. The monoisotopic (exact) mass is 306 g/mol. The van der Waals surface area contributed by atoms with E-state index in [1.807, 2.05) is 6.07 Å². The van der Waals surface area contributed by atoms with Gasteiger partial charge in [-0.1, -0.05) is 18.2 Å². The molecule has 2 rings (SSSR count). The van der Waals surface area contributed by atoms with Crippen LogP contribution >= 0.6 is 0 Å². The van der Waals surface area contributed by atoms with Crippen LogP contribution in [0.15, 0.2) is 53.4 Å². The third kappa shape index (κ3) is 4.39. The van der Waals surface area contributed by atoms with Crippen molar-refractivity contribution in [3.8, 4) is 0 Å². The standard InChI is InChI=1S/C15H15FN2O2S/c16-11-6-7-14(13(17)10-11)18-15(19)8-9-21(20)12-4-2-1-3-5-12/h1-7,10H,8-9,17H2,(H,18,19). The summed E-state index contributed by atoms with van der Waals surface area (Å²) in [6, 6.07) is 12.7. The molecule has 0 fully saturated rings. The Labute approximate surface area is 124 Å². The minimum atomic E-state index is -1.22. The van der Waals surface area contributed by atoms with Crippen molar-refractivity contribution < 1.29 is 13.4 Å². The highest BCUT2D eigenvalue weighted by molar-refractivity contribution is 7.85. The van der Waals surface area contributed by atoms with Crippen LogP contribution in [0.3, 0.4) is 0 Å². The zero-order valence-electron chi connectivity index (χ0n) is 11.2. The molecule has 1 unspecified atom stereocenters. The van der Waals surface area contributed by atoms with Gasteiger partial charge < -0.3 is 11.1 Å². The van der Waals surface area contributed by atoms with Crippen LogP contribution in [0.5, 0.6) is 0 Å². The van der Waals surface area contributed by atoms with Crippen molar-refractivity contribution >= 4 is 28.1 Å². The summed E-state index contributed by atoms with van der Waals surface area (Å²) in [5.74, 6) is -0.551. The maximum absolute atomic E-state index is 12.9. The number of hydrogen-bond acceptors (Lipinski definition) is 3. The number of benzene rings is 2. The van der Waals surface area contributed by atoms with Gasteiger partial charge in [0, 0.05) is 17.1 Å². The first-order valence-electron chi connectivity index (χ1n) is 6.34. The highest BCUT2D eigenvalue weighted by Gasteiger charge is 2.09. The van der Waals surface area contributed by atoms with Gasteiger partial charge in [0.1, 0.15) is 5.82 Å². The quantitative estimate of drug-likeness (QED) is 0.834. The van der Waals surface area contributed by atoms with E-state index in [9.17, 15) is 13.4 Å². The Kier molecular flexibility index (Phi) is 5.05. The van der Waals surface area contributed by atoms with Crippen LogP contribution in [-0.4, -0.2) is 15.9 Å². The predicted molar refractivity (Wildman–Crippen MR) is 81.8 cm³/mol. The van der Waals surface area contributed by atoms with Gasteiger partial charge in [0.15, 0.2) is 0 Å². The van der Waals surface area contributed by atoms with Gasteiger partial charge in [-0.2, -0.15) is 0 Å². The summed E-state index contributed by atoms with van der Waals surface area (Å²) in [5.41, 5.74) is 6.12. The van der Waals surface area contributed by atoms with Gasteiger partial charge in [0.05, 0.1) is 22.2 Å². The minimum Gasteiger partial charge on any atom is -0.397 e. The van der Waals surface area contributed by atoms with Crippen LogP contribution in [0.2, 0.25) is 0 Å². The molecule has 3 N–H and O–H groups in total. The largest absolute Gasteiger partial charge is 0.397 e. The van der Waals surface area contributed by atoms with Crippen LogP contribution in [0.4, 0.5) is 15.8 Å². The van der Waals surface area contributed by atoms with Crippen molar-refractivity contribution in [3.63, 3.8) is 0 Å². The van der Waals surface area contributed by atoms with E-state index >= 15 is 0 Å². The average Bonchev–Trinajstić information content (AvgIpc) is 2.48. The molecule has 1 amide bonds. The Morgan fingerprint density at radius 1 is 1.19 bits per heavy atom. The van der Waals surface area contributed by atoms with E-state index in [-0.39, 0.29) is 23.8 Å². The van der Waals surface area contributed by atoms with Gasteiger partial charge in [0.2, 0.25) is 5.91 Å². The summed E-state index contributed by atoms with van der Waals surface area (Å²) in [4.78, 5) is 12.5. The molecule has 0 bridgehead atoms. The normalized spacial score (nSPS) is 11.9. The lowest BCUT2D eigenvalue weighted by atomic mass is 10.2. The second-order valence-corrected chi connectivity index (χ2v) is 5.96. The fourth-order valence-corrected chi connectivity index (χ4v) is 2.80. The Morgan fingerprint density at radius 3 is 2.57 bits per heavy atom. The summed E-state index contributed by atoms with van der Waals surface area (Å²) in [6.45, 7) is 0. The average molecular weight is 306 g/mol. The first kappa shape index (κ1) is 15.2. The topological polar surface area (TPSA) is 72.2 Å². The fraction of sp³-hybridized carbons (Fsp3) is 0.133. The number of anilines is 2. The summed E-state index contributed by atoms with van der Waals surface area (Å²) < 4.78 is 24.9. The van der Waals surface area contributed by atoms with E-state index in [2.05, 4.69) is 5.32 Å². The Hall–Kier alpha value is -2.21. The van der Waals surface area contributed by atoms with Gasteiger partial charge >= 0.3 is 0 Å². The van der Waals surface area contributed by atoms with Crippen molar-refractivity contribution in [1.29, 1.82) is 0 Å².